The molecule has 1 amide bonds. The molecule has 0 saturated carbocycles. The zero-order valence-electron chi connectivity index (χ0n) is 12.0. The summed E-state index contributed by atoms with van der Waals surface area (Å²) >= 11 is 3.50. The van der Waals surface area contributed by atoms with E-state index in [-0.39, 0.29) is 11.9 Å². The molecule has 0 saturated heterocycles. The van der Waals surface area contributed by atoms with Gasteiger partial charge in [0.25, 0.3) is 0 Å². The van der Waals surface area contributed by atoms with E-state index < -0.39 is 0 Å². The molecule has 1 aliphatic heterocycles. The zero-order valence-corrected chi connectivity index (χ0v) is 13.6. The van der Waals surface area contributed by atoms with Crippen LogP contribution in [0.25, 0.3) is 0 Å². The van der Waals surface area contributed by atoms with Crippen LogP contribution in [-0.4, -0.2) is 13.0 Å². The van der Waals surface area contributed by atoms with Crippen LogP contribution in [0.2, 0.25) is 0 Å². The van der Waals surface area contributed by atoms with Gasteiger partial charge >= 0.3 is 0 Å². The average Bonchev–Trinajstić information content (AvgIpc) is 2.81. The summed E-state index contributed by atoms with van der Waals surface area (Å²) in [5.41, 5.74) is 5.67. The minimum atomic E-state index is 0.0722. The summed E-state index contributed by atoms with van der Waals surface area (Å²) < 4.78 is 1.09. The normalized spacial score (nSPS) is 14.7. The number of rotatable bonds is 3. The lowest BCUT2D eigenvalue weighted by Gasteiger charge is -2.20. The van der Waals surface area contributed by atoms with Crippen molar-refractivity contribution in [3.05, 3.63) is 63.1 Å². The molecule has 21 heavy (non-hydrogen) atoms. The van der Waals surface area contributed by atoms with Crippen LogP contribution in [0.4, 0.5) is 5.69 Å². The Hall–Kier alpha value is -1.65. The largest absolute Gasteiger partial charge is 0.326 e. The van der Waals surface area contributed by atoms with E-state index in [4.69, 9.17) is 0 Å². The van der Waals surface area contributed by atoms with E-state index in [2.05, 4.69) is 63.8 Å². The maximum absolute atomic E-state index is 11.5. The first-order valence-corrected chi connectivity index (χ1v) is 7.74. The van der Waals surface area contributed by atoms with Crippen LogP contribution in [0, 0.1) is 6.92 Å². The first-order chi connectivity index (χ1) is 10.1. The zero-order chi connectivity index (χ0) is 15.0. The Morgan fingerprint density at radius 1 is 1.24 bits per heavy atom. The van der Waals surface area contributed by atoms with Crippen molar-refractivity contribution in [1.82, 2.24) is 5.32 Å². The highest BCUT2D eigenvalue weighted by molar-refractivity contribution is 9.10. The van der Waals surface area contributed by atoms with Crippen LogP contribution in [0.1, 0.15) is 28.3 Å². The third-order valence-corrected chi connectivity index (χ3v) is 4.41. The molecule has 0 aromatic heterocycles. The SMILES string of the molecule is CNC(c1ccc2c(c1)CC(=O)N2)c1ccc(Br)cc1C. The molecule has 2 N–H and O–H groups in total. The molecule has 2 aromatic rings. The number of hydrogen-bond acceptors (Lipinski definition) is 2. The molecular formula is C17H17BrN2O. The summed E-state index contributed by atoms with van der Waals surface area (Å²) in [5.74, 6) is 0.0722. The summed E-state index contributed by atoms with van der Waals surface area (Å²) in [6.45, 7) is 2.11. The van der Waals surface area contributed by atoms with Gasteiger partial charge < -0.3 is 10.6 Å². The van der Waals surface area contributed by atoms with Crippen LogP contribution in [0.5, 0.6) is 0 Å². The Kier molecular flexibility index (Phi) is 3.83. The molecule has 2 aromatic carbocycles. The highest BCUT2D eigenvalue weighted by atomic mass is 79.9. The highest BCUT2D eigenvalue weighted by Crippen LogP contribution is 2.31. The predicted molar refractivity (Wildman–Crippen MR) is 88.6 cm³/mol. The van der Waals surface area contributed by atoms with E-state index in [1.807, 2.05) is 13.1 Å². The third kappa shape index (κ3) is 2.74. The van der Waals surface area contributed by atoms with Crippen molar-refractivity contribution in [3.63, 3.8) is 0 Å². The molecule has 1 atom stereocenters. The quantitative estimate of drug-likeness (QED) is 0.893. The van der Waals surface area contributed by atoms with Gasteiger partial charge in [0.15, 0.2) is 0 Å². The fraction of sp³-hybridized carbons (Fsp3) is 0.235. The maximum atomic E-state index is 11.5. The Balaban J connectivity index is 2.01. The highest BCUT2D eigenvalue weighted by Gasteiger charge is 2.21. The third-order valence-electron chi connectivity index (χ3n) is 3.92. The van der Waals surface area contributed by atoms with Gasteiger partial charge in [-0.25, -0.2) is 0 Å². The van der Waals surface area contributed by atoms with Crippen molar-refractivity contribution in [2.24, 2.45) is 0 Å². The van der Waals surface area contributed by atoms with Crippen molar-refractivity contribution >= 4 is 27.5 Å². The van der Waals surface area contributed by atoms with E-state index in [1.165, 1.54) is 16.7 Å². The van der Waals surface area contributed by atoms with Crippen LogP contribution < -0.4 is 10.6 Å². The van der Waals surface area contributed by atoms with Crippen LogP contribution in [0.3, 0.4) is 0 Å². The standard InChI is InChI=1S/C17H17BrN2O/c1-10-7-13(18)4-5-14(10)17(19-2)11-3-6-15-12(8-11)9-16(21)20-15/h3-8,17,19H,9H2,1-2H3,(H,20,21). The fourth-order valence-corrected chi connectivity index (χ4v) is 3.37. The second-order valence-corrected chi connectivity index (χ2v) is 6.28. The van der Waals surface area contributed by atoms with Crippen molar-refractivity contribution < 1.29 is 4.79 Å². The molecule has 0 aliphatic carbocycles. The van der Waals surface area contributed by atoms with Crippen LogP contribution >= 0.6 is 15.9 Å². The first kappa shape index (κ1) is 14.3. The lowest BCUT2D eigenvalue weighted by molar-refractivity contribution is -0.115. The van der Waals surface area contributed by atoms with E-state index in [9.17, 15) is 4.79 Å². The average molecular weight is 345 g/mol. The molecule has 4 heteroatoms. The second kappa shape index (κ2) is 5.62. The van der Waals surface area contributed by atoms with Crippen molar-refractivity contribution in [3.8, 4) is 0 Å². The van der Waals surface area contributed by atoms with Crippen LogP contribution in [0.15, 0.2) is 40.9 Å². The minimum absolute atomic E-state index is 0.0722. The molecule has 0 bridgehead atoms. The van der Waals surface area contributed by atoms with E-state index in [0.29, 0.717) is 6.42 Å². The monoisotopic (exact) mass is 344 g/mol. The summed E-state index contributed by atoms with van der Waals surface area (Å²) in [7, 11) is 1.96. The molecule has 108 valence electrons. The molecule has 3 rings (SSSR count). The summed E-state index contributed by atoms with van der Waals surface area (Å²) in [6, 6.07) is 12.6. The van der Waals surface area contributed by atoms with Crippen molar-refractivity contribution in [2.75, 3.05) is 12.4 Å². The number of carbonyl (C=O) groups excluding carboxylic acids is 1. The number of halogens is 1. The Morgan fingerprint density at radius 2 is 2.05 bits per heavy atom. The second-order valence-electron chi connectivity index (χ2n) is 5.36. The number of amides is 1. The van der Waals surface area contributed by atoms with E-state index >= 15 is 0 Å². The molecule has 0 spiro atoms. The van der Waals surface area contributed by atoms with Crippen molar-refractivity contribution in [2.45, 2.75) is 19.4 Å². The number of fused-ring (bicyclic) bond motifs is 1. The molecule has 0 fully saturated rings. The summed E-state index contributed by atoms with van der Waals surface area (Å²) in [6.07, 6.45) is 0.471. The number of hydrogen-bond donors (Lipinski definition) is 2. The number of benzene rings is 2. The van der Waals surface area contributed by atoms with Gasteiger partial charge in [-0.05, 0) is 54.4 Å². The van der Waals surface area contributed by atoms with Gasteiger partial charge in [0.2, 0.25) is 5.91 Å². The van der Waals surface area contributed by atoms with Gasteiger partial charge in [0.05, 0.1) is 12.5 Å². The van der Waals surface area contributed by atoms with Gasteiger partial charge in [-0.3, -0.25) is 4.79 Å². The first-order valence-electron chi connectivity index (χ1n) is 6.94. The molecule has 1 unspecified atom stereocenters. The van der Waals surface area contributed by atoms with Gasteiger partial charge in [-0.1, -0.05) is 34.1 Å². The fourth-order valence-electron chi connectivity index (χ4n) is 2.89. The molecule has 1 heterocycles. The molecule has 1 aliphatic rings. The number of anilines is 1. The van der Waals surface area contributed by atoms with Gasteiger partial charge in [0.1, 0.15) is 0 Å². The Bertz CT molecular complexity index is 712. The number of carbonyl (C=O) groups is 1. The molecule has 3 nitrogen and oxygen atoms in total. The van der Waals surface area contributed by atoms with E-state index in [0.717, 1.165) is 15.7 Å². The molecule has 0 radical (unpaired) electrons. The number of aryl methyl sites for hydroxylation is 1. The lowest BCUT2D eigenvalue weighted by atomic mass is 9.93. The minimum Gasteiger partial charge on any atom is -0.326 e. The maximum Gasteiger partial charge on any atom is 0.228 e. The summed E-state index contributed by atoms with van der Waals surface area (Å²) in [5, 5.41) is 6.25. The topological polar surface area (TPSA) is 41.1 Å². The van der Waals surface area contributed by atoms with Gasteiger partial charge in [-0.15, -0.1) is 0 Å². The number of nitrogens with one attached hydrogen (secondary N) is 2. The van der Waals surface area contributed by atoms with Gasteiger partial charge in [0, 0.05) is 10.2 Å². The Labute approximate surface area is 132 Å². The van der Waals surface area contributed by atoms with E-state index in [1.54, 1.807) is 0 Å². The lowest BCUT2D eigenvalue weighted by Crippen LogP contribution is -2.18. The Morgan fingerprint density at radius 3 is 2.76 bits per heavy atom. The predicted octanol–water partition coefficient (Wildman–Crippen LogP) is 3.56. The van der Waals surface area contributed by atoms with Crippen molar-refractivity contribution in [1.29, 1.82) is 0 Å². The summed E-state index contributed by atoms with van der Waals surface area (Å²) in [4.78, 5) is 11.5. The smallest absolute Gasteiger partial charge is 0.228 e. The van der Waals surface area contributed by atoms with Crippen LogP contribution in [-0.2, 0) is 11.2 Å². The molecular weight excluding hydrogens is 328 g/mol. The van der Waals surface area contributed by atoms with Gasteiger partial charge in [-0.2, -0.15) is 0 Å².